The second-order valence-electron chi connectivity index (χ2n) is 3.68. The molecule has 0 fully saturated rings. The van der Waals surface area contributed by atoms with Crippen LogP contribution in [0.2, 0.25) is 0 Å². The molecule has 15 heavy (non-hydrogen) atoms. The van der Waals surface area contributed by atoms with E-state index in [9.17, 15) is 0 Å². The maximum absolute atomic E-state index is 2.27. The molecule has 0 radical (unpaired) electrons. The Kier molecular flexibility index (Phi) is 5.56. The van der Waals surface area contributed by atoms with Crippen LogP contribution in [0.4, 0.5) is 0 Å². The molecule has 0 bridgehead atoms. The molecule has 1 aromatic carbocycles. The van der Waals surface area contributed by atoms with Crippen LogP contribution in [0.5, 0.6) is 0 Å². The summed E-state index contributed by atoms with van der Waals surface area (Å²) in [6.07, 6.45) is 8.89. The maximum Gasteiger partial charge on any atom is 0.00693 e. The molecular weight excluding hydrogens is 200 g/mol. The summed E-state index contributed by atoms with van der Waals surface area (Å²) >= 11 is 1.80. The lowest BCUT2D eigenvalue weighted by atomic mass is 9.93. The predicted octanol–water partition coefficient (Wildman–Crippen LogP) is 4.87. The third-order valence-electron chi connectivity index (χ3n) is 2.74. The number of rotatable bonds is 5. The number of benzene rings is 1. The van der Waals surface area contributed by atoms with E-state index in [1.54, 1.807) is 11.8 Å². The van der Waals surface area contributed by atoms with Gasteiger partial charge < -0.3 is 0 Å². The topological polar surface area (TPSA) is 0 Å². The van der Waals surface area contributed by atoms with E-state index in [2.05, 4.69) is 56.5 Å². The lowest BCUT2D eigenvalue weighted by Crippen LogP contribution is -1.95. The molecular formula is C14H20S. The second-order valence-corrected chi connectivity index (χ2v) is 4.56. The quantitative estimate of drug-likeness (QED) is 0.504. The van der Waals surface area contributed by atoms with Crippen LogP contribution in [0.1, 0.15) is 38.2 Å². The number of thioether (sulfide) groups is 1. The third kappa shape index (κ3) is 3.75. The minimum atomic E-state index is 0.678. The highest BCUT2D eigenvalue weighted by atomic mass is 32.2. The zero-order valence-corrected chi connectivity index (χ0v) is 10.7. The van der Waals surface area contributed by atoms with Gasteiger partial charge in [-0.15, -0.1) is 11.8 Å². The van der Waals surface area contributed by atoms with Crippen molar-refractivity contribution in [3.63, 3.8) is 0 Å². The van der Waals surface area contributed by atoms with Crippen molar-refractivity contribution in [1.82, 2.24) is 0 Å². The van der Waals surface area contributed by atoms with E-state index in [1.165, 1.54) is 16.9 Å². The highest BCUT2D eigenvalue weighted by Crippen LogP contribution is 2.25. The molecule has 0 heterocycles. The van der Waals surface area contributed by atoms with Gasteiger partial charge in [0, 0.05) is 4.90 Å². The molecule has 0 N–H and O–H groups in total. The summed E-state index contributed by atoms with van der Waals surface area (Å²) in [6.45, 7) is 4.35. The molecule has 0 aliphatic heterocycles. The van der Waals surface area contributed by atoms with Gasteiger partial charge in [-0.25, -0.2) is 0 Å². The fourth-order valence-electron chi connectivity index (χ4n) is 1.71. The summed E-state index contributed by atoms with van der Waals surface area (Å²) < 4.78 is 0. The minimum Gasteiger partial charge on any atom is -0.130 e. The smallest absolute Gasteiger partial charge is 0.00693 e. The second kappa shape index (κ2) is 6.73. The molecule has 0 saturated carbocycles. The Balaban J connectivity index is 2.73. The molecule has 1 atom stereocenters. The van der Waals surface area contributed by atoms with E-state index in [4.69, 9.17) is 0 Å². The molecule has 0 aliphatic carbocycles. The van der Waals surface area contributed by atoms with E-state index in [1.807, 2.05) is 0 Å². The monoisotopic (exact) mass is 220 g/mol. The van der Waals surface area contributed by atoms with Gasteiger partial charge in [-0.2, -0.15) is 0 Å². The molecule has 1 unspecified atom stereocenters. The van der Waals surface area contributed by atoms with Gasteiger partial charge in [0.1, 0.15) is 0 Å². The maximum atomic E-state index is 2.27. The van der Waals surface area contributed by atoms with Gasteiger partial charge in [-0.1, -0.05) is 31.2 Å². The van der Waals surface area contributed by atoms with Gasteiger partial charge in [0.2, 0.25) is 0 Å². The van der Waals surface area contributed by atoms with Gasteiger partial charge in [0.25, 0.3) is 0 Å². The SMILES string of the molecule is C/C=C\CC(CC)c1ccc(SC)cc1. The van der Waals surface area contributed by atoms with Crippen molar-refractivity contribution in [2.75, 3.05) is 6.26 Å². The highest BCUT2D eigenvalue weighted by Gasteiger charge is 2.06. The summed E-state index contributed by atoms with van der Waals surface area (Å²) in [5.74, 6) is 0.678. The average molecular weight is 220 g/mol. The fourth-order valence-corrected chi connectivity index (χ4v) is 2.12. The number of allylic oxidation sites excluding steroid dienone is 2. The molecule has 1 heteroatoms. The molecule has 1 rings (SSSR count). The summed E-state index contributed by atoms with van der Waals surface area (Å²) in [7, 11) is 0. The summed E-state index contributed by atoms with van der Waals surface area (Å²) in [4.78, 5) is 1.35. The van der Waals surface area contributed by atoms with Gasteiger partial charge in [-0.3, -0.25) is 0 Å². The van der Waals surface area contributed by atoms with Crippen LogP contribution < -0.4 is 0 Å². The Morgan fingerprint density at radius 3 is 2.40 bits per heavy atom. The normalized spacial score (nSPS) is 13.3. The van der Waals surface area contributed by atoms with E-state index >= 15 is 0 Å². The largest absolute Gasteiger partial charge is 0.130 e. The first-order valence-corrected chi connectivity index (χ1v) is 6.79. The molecule has 0 aromatic heterocycles. The first-order chi connectivity index (χ1) is 7.31. The van der Waals surface area contributed by atoms with Crippen molar-refractivity contribution < 1.29 is 0 Å². The van der Waals surface area contributed by atoms with Gasteiger partial charge >= 0.3 is 0 Å². The molecule has 1 aromatic rings. The van der Waals surface area contributed by atoms with E-state index in [0.717, 1.165) is 6.42 Å². The van der Waals surface area contributed by atoms with Crippen molar-refractivity contribution in [3.8, 4) is 0 Å². The Bertz CT molecular complexity index is 298. The predicted molar refractivity (Wildman–Crippen MR) is 70.7 cm³/mol. The molecule has 0 spiro atoms. The van der Waals surface area contributed by atoms with Crippen LogP contribution in [-0.4, -0.2) is 6.26 Å². The number of hydrogen-bond acceptors (Lipinski definition) is 1. The first-order valence-electron chi connectivity index (χ1n) is 5.56. The van der Waals surface area contributed by atoms with Crippen LogP contribution in [-0.2, 0) is 0 Å². The highest BCUT2D eigenvalue weighted by molar-refractivity contribution is 7.98. The Labute approximate surface area is 97.8 Å². The van der Waals surface area contributed by atoms with E-state index in [0.29, 0.717) is 5.92 Å². The van der Waals surface area contributed by atoms with Crippen LogP contribution >= 0.6 is 11.8 Å². The van der Waals surface area contributed by atoms with Crippen molar-refractivity contribution in [2.24, 2.45) is 0 Å². The van der Waals surface area contributed by atoms with Crippen LogP contribution in [0, 0.1) is 0 Å². The Morgan fingerprint density at radius 2 is 1.93 bits per heavy atom. The lowest BCUT2D eigenvalue weighted by molar-refractivity contribution is 0.673. The summed E-state index contributed by atoms with van der Waals surface area (Å²) in [5, 5.41) is 0. The lowest BCUT2D eigenvalue weighted by Gasteiger charge is -2.13. The van der Waals surface area contributed by atoms with Crippen molar-refractivity contribution in [1.29, 1.82) is 0 Å². The fraction of sp³-hybridized carbons (Fsp3) is 0.429. The zero-order valence-electron chi connectivity index (χ0n) is 9.86. The van der Waals surface area contributed by atoms with Gasteiger partial charge in [0.05, 0.1) is 0 Å². The molecule has 82 valence electrons. The molecule has 0 amide bonds. The van der Waals surface area contributed by atoms with E-state index in [-0.39, 0.29) is 0 Å². The first kappa shape index (κ1) is 12.4. The minimum absolute atomic E-state index is 0.678. The molecule has 0 aliphatic rings. The van der Waals surface area contributed by atoms with Crippen LogP contribution in [0.15, 0.2) is 41.3 Å². The van der Waals surface area contributed by atoms with Crippen molar-refractivity contribution in [3.05, 3.63) is 42.0 Å². The van der Waals surface area contributed by atoms with Crippen LogP contribution in [0.3, 0.4) is 0 Å². The molecule has 0 saturated heterocycles. The zero-order chi connectivity index (χ0) is 11.1. The average Bonchev–Trinajstić information content (AvgIpc) is 2.31. The van der Waals surface area contributed by atoms with Crippen molar-refractivity contribution >= 4 is 11.8 Å². The van der Waals surface area contributed by atoms with E-state index < -0.39 is 0 Å². The summed E-state index contributed by atoms with van der Waals surface area (Å²) in [5.41, 5.74) is 1.47. The Morgan fingerprint density at radius 1 is 1.27 bits per heavy atom. The van der Waals surface area contributed by atoms with Gasteiger partial charge in [-0.05, 0) is 49.6 Å². The van der Waals surface area contributed by atoms with Crippen LogP contribution in [0.25, 0.3) is 0 Å². The summed E-state index contributed by atoms with van der Waals surface area (Å²) in [6, 6.07) is 8.98. The Hall–Kier alpha value is -0.690. The van der Waals surface area contributed by atoms with Crippen molar-refractivity contribution in [2.45, 2.75) is 37.5 Å². The van der Waals surface area contributed by atoms with Gasteiger partial charge in [0.15, 0.2) is 0 Å². The standard InChI is InChI=1S/C14H20S/c1-4-6-7-12(5-2)13-8-10-14(15-3)11-9-13/h4,6,8-12H,5,7H2,1-3H3/b6-4-. The molecule has 0 nitrogen and oxygen atoms in total. The number of hydrogen-bond donors (Lipinski definition) is 0. The third-order valence-corrected chi connectivity index (χ3v) is 3.48.